The predicted molar refractivity (Wildman–Crippen MR) is 98.7 cm³/mol. The third-order valence-corrected chi connectivity index (χ3v) is 5.76. The summed E-state index contributed by atoms with van der Waals surface area (Å²) in [4.78, 5) is 14.2. The molecule has 0 spiro atoms. The van der Waals surface area contributed by atoms with Gasteiger partial charge < -0.3 is 14.7 Å². The van der Waals surface area contributed by atoms with Crippen LogP contribution in [0.2, 0.25) is 0 Å². The number of esters is 1. The van der Waals surface area contributed by atoms with Crippen LogP contribution in [0.3, 0.4) is 0 Å². The third kappa shape index (κ3) is 4.24. The minimum absolute atomic E-state index is 0.145. The molecule has 1 N–H and O–H groups in total. The average molecular weight is 345 g/mol. The summed E-state index contributed by atoms with van der Waals surface area (Å²) in [5.74, 6) is 0.615. The number of aliphatic hydroxyl groups is 1. The highest BCUT2D eigenvalue weighted by atomic mass is 16.5. The third-order valence-electron chi connectivity index (χ3n) is 5.76. The number of fused-ring (bicyclic) bond motifs is 1. The smallest absolute Gasteiger partial charge is 0.311 e. The standard InChI is InChI=1S/C21H31NO3/c1-3-4-8-20(23)25-17-9-10-18-16(13-17)14-22(2)15-19(18)21(24)11-6-5-7-12-21/h9-10,13,19,24H,3-8,11-12,14-15H2,1-2H3. The summed E-state index contributed by atoms with van der Waals surface area (Å²) in [5, 5.41) is 11.3. The van der Waals surface area contributed by atoms with Gasteiger partial charge in [0.1, 0.15) is 5.75 Å². The Morgan fingerprint density at radius 1 is 1.32 bits per heavy atom. The zero-order valence-electron chi connectivity index (χ0n) is 15.6. The molecule has 0 saturated heterocycles. The Balaban J connectivity index is 1.80. The van der Waals surface area contributed by atoms with Crippen LogP contribution in [0.4, 0.5) is 0 Å². The zero-order valence-corrected chi connectivity index (χ0v) is 15.6. The molecule has 1 aromatic carbocycles. The van der Waals surface area contributed by atoms with E-state index < -0.39 is 5.60 Å². The van der Waals surface area contributed by atoms with Crippen LogP contribution >= 0.6 is 0 Å². The van der Waals surface area contributed by atoms with Gasteiger partial charge in [0.15, 0.2) is 0 Å². The van der Waals surface area contributed by atoms with E-state index in [4.69, 9.17) is 4.74 Å². The summed E-state index contributed by atoms with van der Waals surface area (Å²) in [5.41, 5.74) is 1.82. The molecule has 0 bridgehead atoms. The molecular weight excluding hydrogens is 314 g/mol. The highest BCUT2D eigenvalue weighted by Gasteiger charge is 2.41. The number of nitrogens with zero attached hydrogens (tertiary/aromatic N) is 1. The Morgan fingerprint density at radius 3 is 2.80 bits per heavy atom. The monoisotopic (exact) mass is 345 g/mol. The number of unbranched alkanes of at least 4 members (excludes halogenated alkanes) is 1. The van der Waals surface area contributed by atoms with Crippen LogP contribution in [0.15, 0.2) is 18.2 Å². The van der Waals surface area contributed by atoms with Gasteiger partial charge in [-0.05, 0) is 49.6 Å². The van der Waals surface area contributed by atoms with Crippen molar-refractivity contribution in [3.63, 3.8) is 0 Å². The minimum atomic E-state index is -0.596. The van der Waals surface area contributed by atoms with Crippen molar-refractivity contribution in [1.29, 1.82) is 0 Å². The fourth-order valence-electron chi connectivity index (χ4n) is 4.36. The maximum absolute atomic E-state index is 11.9. The van der Waals surface area contributed by atoms with Gasteiger partial charge in [0.2, 0.25) is 0 Å². The van der Waals surface area contributed by atoms with E-state index in [-0.39, 0.29) is 11.9 Å². The molecule has 1 fully saturated rings. The molecule has 25 heavy (non-hydrogen) atoms. The number of likely N-dealkylation sites (N-methyl/N-ethyl adjacent to an activating group) is 1. The molecule has 0 radical (unpaired) electrons. The van der Waals surface area contributed by atoms with Gasteiger partial charge in [0.25, 0.3) is 0 Å². The fourth-order valence-corrected chi connectivity index (χ4v) is 4.36. The Hall–Kier alpha value is -1.39. The van der Waals surface area contributed by atoms with E-state index in [0.29, 0.717) is 12.2 Å². The average Bonchev–Trinajstić information content (AvgIpc) is 2.59. The number of hydrogen-bond donors (Lipinski definition) is 1. The van der Waals surface area contributed by atoms with Crippen LogP contribution in [0, 0.1) is 0 Å². The van der Waals surface area contributed by atoms with Gasteiger partial charge >= 0.3 is 5.97 Å². The first kappa shape index (κ1) is 18.4. The molecule has 0 aromatic heterocycles. The molecule has 1 atom stereocenters. The summed E-state index contributed by atoms with van der Waals surface area (Å²) in [7, 11) is 2.10. The maximum Gasteiger partial charge on any atom is 0.311 e. The topological polar surface area (TPSA) is 49.8 Å². The Labute approximate surface area is 151 Å². The van der Waals surface area contributed by atoms with Gasteiger partial charge in [-0.2, -0.15) is 0 Å². The highest BCUT2D eigenvalue weighted by Crippen LogP contribution is 2.44. The Bertz CT molecular complexity index is 607. The quantitative estimate of drug-likeness (QED) is 0.647. The van der Waals surface area contributed by atoms with Crippen molar-refractivity contribution in [2.75, 3.05) is 13.6 Å². The minimum Gasteiger partial charge on any atom is -0.427 e. The van der Waals surface area contributed by atoms with Crippen molar-refractivity contribution < 1.29 is 14.6 Å². The summed E-state index contributed by atoms with van der Waals surface area (Å²) < 4.78 is 5.50. The van der Waals surface area contributed by atoms with Crippen molar-refractivity contribution >= 4 is 5.97 Å². The summed E-state index contributed by atoms with van der Waals surface area (Å²) >= 11 is 0. The van der Waals surface area contributed by atoms with Gasteiger partial charge in [-0.15, -0.1) is 0 Å². The van der Waals surface area contributed by atoms with Crippen molar-refractivity contribution in [1.82, 2.24) is 4.90 Å². The van der Waals surface area contributed by atoms with Crippen molar-refractivity contribution in [3.8, 4) is 5.75 Å². The molecular formula is C21H31NO3. The molecule has 1 aromatic rings. The number of benzene rings is 1. The number of carbonyl (C=O) groups excluding carboxylic acids is 1. The number of ether oxygens (including phenoxy) is 1. The number of rotatable bonds is 5. The molecule has 1 saturated carbocycles. The van der Waals surface area contributed by atoms with Crippen LogP contribution in [-0.4, -0.2) is 35.2 Å². The van der Waals surface area contributed by atoms with E-state index in [1.165, 1.54) is 17.5 Å². The van der Waals surface area contributed by atoms with Crippen LogP contribution < -0.4 is 4.74 Å². The maximum atomic E-state index is 11.9. The predicted octanol–water partition coefficient (Wildman–Crippen LogP) is 4.01. The second-order valence-corrected chi connectivity index (χ2v) is 7.85. The normalized spacial score (nSPS) is 23.1. The lowest BCUT2D eigenvalue weighted by atomic mass is 9.70. The largest absolute Gasteiger partial charge is 0.427 e. The van der Waals surface area contributed by atoms with E-state index in [0.717, 1.165) is 51.6 Å². The van der Waals surface area contributed by atoms with Crippen molar-refractivity contribution in [3.05, 3.63) is 29.3 Å². The molecule has 2 aliphatic rings. The molecule has 4 nitrogen and oxygen atoms in total. The van der Waals surface area contributed by atoms with Gasteiger partial charge in [-0.3, -0.25) is 4.79 Å². The van der Waals surface area contributed by atoms with Crippen LogP contribution in [0.5, 0.6) is 5.75 Å². The van der Waals surface area contributed by atoms with E-state index >= 15 is 0 Å². The van der Waals surface area contributed by atoms with Gasteiger partial charge in [-0.1, -0.05) is 38.7 Å². The molecule has 138 valence electrons. The van der Waals surface area contributed by atoms with Crippen LogP contribution in [-0.2, 0) is 11.3 Å². The molecule has 1 unspecified atom stereocenters. The number of carbonyl (C=O) groups is 1. The first-order chi connectivity index (χ1) is 12.0. The number of hydrogen-bond acceptors (Lipinski definition) is 4. The Kier molecular flexibility index (Phi) is 5.80. The SMILES string of the molecule is CCCCC(=O)Oc1ccc2c(c1)CN(C)CC2C1(O)CCCCC1. The summed E-state index contributed by atoms with van der Waals surface area (Å²) in [6.07, 6.45) is 7.54. The van der Waals surface area contributed by atoms with E-state index in [1.54, 1.807) is 0 Å². The van der Waals surface area contributed by atoms with Gasteiger partial charge in [-0.25, -0.2) is 0 Å². The molecule has 1 aliphatic carbocycles. The fraction of sp³-hybridized carbons (Fsp3) is 0.667. The van der Waals surface area contributed by atoms with Gasteiger partial charge in [0, 0.05) is 25.4 Å². The highest BCUT2D eigenvalue weighted by molar-refractivity contribution is 5.72. The lowest BCUT2D eigenvalue weighted by Gasteiger charge is -2.44. The second kappa shape index (κ2) is 7.88. The van der Waals surface area contributed by atoms with E-state index in [1.807, 2.05) is 12.1 Å². The lowest BCUT2D eigenvalue weighted by molar-refractivity contribution is -0.134. The van der Waals surface area contributed by atoms with Crippen molar-refractivity contribution in [2.45, 2.75) is 76.4 Å². The zero-order chi connectivity index (χ0) is 17.9. The van der Waals surface area contributed by atoms with Crippen LogP contribution in [0.1, 0.15) is 75.3 Å². The summed E-state index contributed by atoms with van der Waals surface area (Å²) in [6.45, 7) is 3.79. The molecule has 1 aliphatic heterocycles. The second-order valence-electron chi connectivity index (χ2n) is 7.85. The van der Waals surface area contributed by atoms with E-state index in [2.05, 4.69) is 24.9 Å². The lowest BCUT2D eigenvalue weighted by Crippen LogP contribution is -2.46. The summed E-state index contributed by atoms with van der Waals surface area (Å²) in [6, 6.07) is 5.96. The molecule has 4 heteroatoms. The first-order valence-corrected chi connectivity index (χ1v) is 9.76. The molecule has 0 amide bonds. The van der Waals surface area contributed by atoms with Crippen LogP contribution in [0.25, 0.3) is 0 Å². The Morgan fingerprint density at radius 2 is 2.08 bits per heavy atom. The van der Waals surface area contributed by atoms with Crippen molar-refractivity contribution in [2.24, 2.45) is 0 Å². The molecule has 3 rings (SSSR count). The van der Waals surface area contributed by atoms with Gasteiger partial charge in [0.05, 0.1) is 5.60 Å². The first-order valence-electron chi connectivity index (χ1n) is 9.76. The molecule has 1 heterocycles. The van der Waals surface area contributed by atoms with E-state index in [9.17, 15) is 9.90 Å².